The predicted octanol–water partition coefficient (Wildman–Crippen LogP) is -0.0623. The highest BCUT2D eigenvalue weighted by Gasteiger charge is 2.28. The normalized spacial score (nSPS) is 15.2. The number of rotatable bonds is 8. The molecule has 1 aromatic rings. The SMILES string of the molecule is CCNC(=O)C[NH+](CC)CC(=O)N1CCN(c2ccc(Cl)cc2[N+](=O)[O-])CC1. The first-order chi connectivity index (χ1) is 13.3. The van der Waals surface area contributed by atoms with Gasteiger partial charge in [0.25, 0.3) is 17.5 Å². The monoisotopic (exact) mass is 412 g/mol. The van der Waals surface area contributed by atoms with Gasteiger partial charge in [-0.2, -0.15) is 0 Å². The van der Waals surface area contributed by atoms with Crippen LogP contribution in [0.2, 0.25) is 5.02 Å². The second-order valence-electron chi connectivity index (χ2n) is 6.67. The first kappa shape index (κ1) is 21.9. The molecule has 1 atom stereocenters. The average Bonchev–Trinajstić information content (AvgIpc) is 2.67. The number of carbonyl (C=O) groups excluding carboxylic acids is 2. The number of likely N-dealkylation sites (N-methyl/N-ethyl adjacent to an activating group) is 2. The minimum Gasteiger partial charge on any atom is -0.362 e. The molecule has 0 bridgehead atoms. The van der Waals surface area contributed by atoms with Gasteiger partial charge in [0.15, 0.2) is 13.1 Å². The van der Waals surface area contributed by atoms with Crippen molar-refractivity contribution in [2.45, 2.75) is 13.8 Å². The molecule has 1 saturated heterocycles. The molecule has 10 heteroatoms. The van der Waals surface area contributed by atoms with Crippen LogP contribution in [0.3, 0.4) is 0 Å². The second kappa shape index (κ2) is 10.2. The zero-order valence-corrected chi connectivity index (χ0v) is 17.0. The lowest BCUT2D eigenvalue weighted by molar-refractivity contribution is -0.882. The van der Waals surface area contributed by atoms with Gasteiger partial charge in [0.05, 0.1) is 11.5 Å². The Morgan fingerprint density at radius 2 is 1.89 bits per heavy atom. The Morgan fingerprint density at radius 1 is 1.21 bits per heavy atom. The summed E-state index contributed by atoms with van der Waals surface area (Å²) in [5.41, 5.74) is 0.481. The van der Waals surface area contributed by atoms with Gasteiger partial charge >= 0.3 is 0 Å². The summed E-state index contributed by atoms with van der Waals surface area (Å²) in [6.45, 7) is 7.56. The van der Waals surface area contributed by atoms with Crippen LogP contribution in [-0.2, 0) is 9.59 Å². The first-order valence-electron chi connectivity index (χ1n) is 9.42. The van der Waals surface area contributed by atoms with Gasteiger partial charge in [-0.1, -0.05) is 11.6 Å². The van der Waals surface area contributed by atoms with Crippen LogP contribution in [0, 0.1) is 10.1 Å². The van der Waals surface area contributed by atoms with Crippen LogP contribution in [-0.4, -0.2) is 74.0 Å². The molecule has 1 aliphatic heterocycles. The van der Waals surface area contributed by atoms with Gasteiger partial charge in [0, 0.05) is 43.8 Å². The fourth-order valence-electron chi connectivity index (χ4n) is 3.23. The number of amides is 2. The molecule has 1 fully saturated rings. The van der Waals surface area contributed by atoms with Gasteiger partial charge in [0.1, 0.15) is 5.69 Å². The third-order valence-corrected chi connectivity index (χ3v) is 5.03. The highest BCUT2D eigenvalue weighted by molar-refractivity contribution is 6.30. The van der Waals surface area contributed by atoms with Crippen molar-refractivity contribution >= 4 is 34.8 Å². The Morgan fingerprint density at radius 3 is 2.46 bits per heavy atom. The number of carbonyl (C=O) groups is 2. The molecule has 0 spiro atoms. The minimum absolute atomic E-state index is 0.00796. The van der Waals surface area contributed by atoms with Crippen molar-refractivity contribution in [3.8, 4) is 0 Å². The molecule has 2 rings (SSSR count). The molecule has 28 heavy (non-hydrogen) atoms. The lowest BCUT2D eigenvalue weighted by Gasteiger charge is -2.36. The molecule has 1 unspecified atom stereocenters. The van der Waals surface area contributed by atoms with E-state index in [1.54, 1.807) is 17.0 Å². The lowest BCUT2D eigenvalue weighted by atomic mass is 10.2. The van der Waals surface area contributed by atoms with E-state index in [2.05, 4.69) is 5.32 Å². The summed E-state index contributed by atoms with van der Waals surface area (Å²) in [6.07, 6.45) is 0. The number of nitrogens with one attached hydrogen (secondary N) is 2. The van der Waals surface area contributed by atoms with Gasteiger partial charge in [-0.3, -0.25) is 19.7 Å². The highest BCUT2D eigenvalue weighted by Crippen LogP contribution is 2.31. The standard InChI is InChI=1S/C18H26ClN5O4/c1-3-20-17(25)12-21(4-2)13-18(26)23-9-7-22(8-10-23)15-6-5-14(19)11-16(15)24(27)28/h5-6,11H,3-4,7-10,12-13H2,1-2H3,(H,20,25)/p+1. The average molecular weight is 413 g/mol. The summed E-state index contributed by atoms with van der Waals surface area (Å²) in [4.78, 5) is 39.8. The molecule has 2 N–H and O–H groups in total. The molecular weight excluding hydrogens is 386 g/mol. The van der Waals surface area contributed by atoms with Crippen LogP contribution < -0.4 is 15.1 Å². The van der Waals surface area contributed by atoms with Gasteiger partial charge < -0.3 is 20.0 Å². The summed E-state index contributed by atoms with van der Waals surface area (Å²) < 4.78 is 0. The number of hydrogen-bond donors (Lipinski definition) is 2. The van der Waals surface area contributed by atoms with E-state index in [1.165, 1.54) is 6.07 Å². The van der Waals surface area contributed by atoms with Crippen LogP contribution in [0.4, 0.5) is 11.4 Å². The van der Waals surface area contributed by atoms with Crippen molar-refractivity contribution in [1.29, 1.82) is 0 Å². The van der Waals surface area contributed by atoms with Gasteiger partial charge in [0.2, 0.25) is 0 Å². The quantitative estimate of drug-likeness (QED) is 0.460. The zero-order chi connectivity index (χ0) is 20.7. The number of piperazine rings is 1. The molecule has 0 radical (unpaired) electrons. The molecule has 9 nitrogen and oxygen atoms in total. The molecule has 2 amide bonds. The number of anilines is 1. The van der Waals surface area contributed by atoms with E-state index in [0.717, 1.165) is 4.90 Å². The Hall–Kier alpha value is -2.39. The van der Waals surface area contributed by atoms with E-state index in [-0.39, 0.29) is 30.6 Å². The Bertz CT molecular complexity index is 722. The van der Waals surface area contributed by atoms with Gasteiger partial charge in [-0.15, -0.1) is 0 Å². The van der Waals surface area contributed by atoms with Crippen LogP contribution in [0.25, 0.3) is 0 Å². The fourth-order valence-corrected chi connectivity index (χ4v) is 3.40. The Labute approximate surface area is 169 Å². The van der Waals surface area contributed by atoms with Gasteiger partial charge in [-0.05, 0) is 26.0 Å². The van der Waals surface area contributed by atoms with Crippen molar-refractivity contribution in [2.24, 2.45) is 0 Å². The molecule has 154 valence electrons. The smallest absolute Gasteiger partial charge is 0.294 e. The number of quaternary nitrogens is 1. The van der Waals surface area contributed by atoms with E-state index in [4.69, 9.17) is 11.6 Å². The fraction of sp³-hybridized carbons (Fsp3) is 0.556. The van der Waals surface area contributed by atoms with Crippen LogP contribution in [0.1, 0.15) is 13.8 Å². The van der Waals surface area contributed by atoms with E-state index in [1.807, 2.05) is 18.7 Å². The number of benzene rings is 1. The number of hydrogen-bond acceptors (Lipinski definition) is 5. The summed E-state index contributed by atoms with van der Waals surface area (Å²) in [6, 6.07) is 4.62. The molecule has 0 aliphatic carbocycles. The largest absolute Gasteiger partial charge is 0.362 e. The van der Waals surface area contributed by atoms with E-state index >= 15 is 0 Å². The first-order valence-corrected chi connectivity index (χ1v) is 9.80. The molecule has 1 aromatic carbocycles. The van der Waals surface area contributed by atoms with Crippen molar-refractivity contribution in [3.05, 3.63) is 33.3 Å². The van der Waals surface area contributed by atoms with Crippen LogP contribution >= 0.6 is 11.6 Å². The van der Waals surface area contributed by atoms with E-state index in [0.29, 0.717) is 50.0 Å². The summed E-state index contributed by atoms with van der Waals surface area (Å²) in [5, 5.41) is 14.4. The van der Waals surface area contributed by atoms with E-state index in [9.17, 15) is 19.7 Å². The third kappa shape index (κ3) is 5.80. The number of nitrogens with zero attached hydrogens (tertiary/aromatic N) is 3. The minimum atomic E-state index is -0.442. The molecule has 1 heterocycles. The number of halogens is 1. The van der Waals surface area contributed by atoms with Crippen molar-refractivity contribution < 1.29 is 19.4 Å². The van der Waals surface area contributed by atoms with E-state index < -0.39 is 4.92 Å². The number of nitro benzene ring substituents is 1. The molecule has 0 aromatic heterocycles. The predicted molar refractivity (Wildman–Crippen MR) is 107 cm³/mol. The molecule has 0 saturated carbocycles. The second-order valence-corrected chi connectivity index (χ2v) is 7.11. The summed E-state index contributed by atoms with van der Waals surface area (Å²) in [5.74, 6) is -0.0709. The van der Waals surface area contributed by atoms with Crippen LogP contribution in [0.15, 0.2) is 18.2 Å². The number of nitro groups is 1. The maximum atomic E-state index is 12.6. The lowest BCUT2D eigenvalue weighted by Crippen LogP contribution is -3.14. The summed E-state index contributed by atoms with van der Waals surface area (Å²) in [7, 11) is 0. The van der Waals surface area contributed by atoms with Gasteiger partial charge in [-0.25, -0.2) is 0 Å². The van der Waals surface area contributed by atoms with Crippen molar-refractivity contribution in [1.82, 2.24) is 10.2 Å². The Kier molecular flexibility index (Phi) is 8.01. The van der Waals surface area contributed by atoms with Crippen molar-refractivity contribution in [2.75, 3.05) is 57.3 Å². The maximum absolute atomic E-state index is 12.6. The Balaban J connectivity index is 1.93. The van der Waals surface area contributed by atoms with Crippen molar-refractivity contribution in [3.63, 3.8) is 0 Å². The third-order valence-electron chi connectivity index (χ3n) is 4.79. The maximum Gasteiger partial charge on any atom is 0.294 e. The highest BCUT2D eigenvalue weighted by atomic mass is 35.5. The zero-order valence-electron chi connectivity index (χ0n) is 16.2. The molecule has 1 aliphatic rings. The summed E-state index contributed by atoms with van der Waals surface area (Å²) >= 11 is 5.88. The van der Waals surface area contributed by atoms with Crippen LogP contribution in [0.5, 0.6) is 0 Å². The topological polar surface area (TPSA) is 100 Å². The molecular formula is C18H27ClN5O4+.